The molecule has 1 aliphatic heterocycles. The van der Waals surface area contributed by atoms with Gasteiger partial charge in [0.25, 0.3) is 0 Å². The van der Waals surface area contributed by atoms with Crippen LogP contribution in [0.3, 0.4) is 0 Å². The van der Waals surface area contributed by atoms with Crippen molar-refractivity contribution in [2.75, 3.05) is 13.1 Å². The summed E-state index contributed by atoms with van der Waals surface area (Å²) < 4.78 is 0. The van der Waals surface area contributed by atoms with Gasteiger partial charge in [-0.1, -0.05) is 30.3 Å². The normalized spacial score (nSPS) is 23.3. The maximum absolute atomic E-state index is 12.4. The Morgan fingerprint density at radius 1 is 1.35 bits per heavy atom. The van der Waals surface area contributed by atoms with E-state index < -0.39 is 0 Å². The zero-order chi connectivity index (χ0) is 16.9. The average molecular weight is 317 g/mol. The summed E-state index contributed by atoms with van der Waals surface area (Å²) in [4.78, 5) is 12.4. The van der Waals surface area contributed by atoms with Crippen molar-refractivity contribution in [3.05, 3.63) is 35.9 Å². The first-order valence-electron chi connectivity index (χ1n) is 8.71. The maximum Gasteiger partial charge on any atom is 0.223 e. The summed E-state index contributed by atoms with van der Waals surface area (Å²) in [7, 11) is 0. The van der Waals surface area contributed by atoms with Gasteiger partial charge in [0.2, 0.25) is 5.91 Å². The van der Waals surface area contributed by atoms with Crippen molar-refractivity contribution in [3.8, 4) is 0 Å². The van der Waals surface area contributed by atoms with Crippen LogP contribution in [0, 0.1) is 5.92 Å². The van der Waals surface area contributed by atoms with E-state index in [2.05, 4.69) is 67.9 Å². The highest BCUT2D eigenvalue weighted by atomic mass is 16.1. The van der Waals surface area contributed by atoms with Gasteiger partial charge in [-0.15, -0.1) is 0 Å². The molecule has 128 valence electrons. The molecule has 1 heterocycles. The van der Waals surface area contributed by atoms with Gasteiger partial charge in [0.1, 0.15) is 0 Å². The fourth-order valence-corrected chi connectivity index (χ4v) is 3.28. The van der Waals surface area contributed by atoms with Crippen LogP contribution >= 0.6 is 0 Å². The molecule has 1 amide bonds. The molecule has 0 radical (unpaired) electrons. The Kier molecular flexibility index (Phi) is 6.19. The highest BCUT2D eigenvalue weighted by Crippen LogP contribution is 2.18. The first kappa shape index (κ1) is 18.0. The Bertz CT molecular complexity index is 501. The minimum absolute atomic E-state index is 0.147. The molecule has 4 heteroatoms. The molecule has 1 saturated heterocycles. The fourth-order valence-electron chi connectivity index (χ4n) is 3.28. The molecular weight excluding hydrogens is 286 g/mol. The molecule has 3 atom stereocenters. The Labute approximate surface area is 140 Å². The van der Waals surface area contributed by atoms with Crippen LogP contribution in [0.4, 0.5) is 0 Å². The van der Waals surface area contributed by atoms with Crippen LogP contribution < -0.4 is 16.0 Å². The molecule has 1 aromatic carbocycles. The highest BCUT2D eigenvalue weighted by Gasteiger charge is 2.27. The molecule has 1 unspecified atom stereocenters. The van der Waals surface area contributed by atoms with Crippen LogP contribution in [0.25, 0.3) is 0 Å². The smallest absolute Gasteiger partial charge is 0.223 e. The van der Waals surface area contributed by atoms with E-state index in [0.717, 1.165) is 19.4 Å². The van der Waals surface area contributed by atoms with Gasteiger partial charge in [-0.3, -0.25) is 4.79 Å². The lowest BCUT2D eigenvalue weighted by Gasteiger charge is -2.32. The van der Waals surface area contributed by atoms with Crippen LogP contribution in [-0.2, 0) is 4.79 Å². The predicted octanol–water partition coefficient (Wildman–Crippen LogP) is 2.62. The molecule has 1 aliphatic rings. The molecule has 0 spiro atoms. The van der Waals surface area contributed by atoms with Gasteiger partial charge in [-0.2, -0.15) is 0 Å². The highest BCUT2D eigenvalue weighted by molar-refractivity contribution is 5.78. The SMILES string of the molecule is CC(NC(C)(C)CNC(=O)[C@H]1CCN[C@@H](C)C1)c1ccccc1. The predicted molar refractivity (Wildman–Crippen MR) is 95.3 cm³/mol. The van der Waals surface area contributed by atoms with Crippen molar-refractivity contribution in [2.24, 2.45) is 5.92 Å². The van der Waals surface area contributed by atoms with Crippen molar-refractivity contribution < 1.29 is 4.79 Å². The quantitative estimate of drug-likeness (QED) is 0.756. The number of hydrogen-bond donors (Lipinski definition) is 3. The van der Waals surface area contributed by atoms with E-state index >= 15 is 0 Å². The third-order valence-electron chi connectivity index (χ3n) is 4.61. The van der Waals surface area contributed by atoms with Gasteiger partial charge in [0.15, 0.2) is 0 Å². The number of piperidine rings is 1. The van der Waals surface area contributed by atoms with Gasteiger partial charge in [-0.05, 0) is 52.6 Å². The van der Waals surface area contributed by atoms with Crippen molar-refractivity contribution in [2.45, 2.75) is 58.2 Å². The molecule has 3 N–H and O–H groups in total. The molecule has 4 nitrogen and oxygen atoms in total. The topological polar surface area (TPSA) is 53.2 Å². The Hall–Kier alpha value is -1.39. The third kappa shape index (κ3) is 5.63. The second-order valence-electron chi connectivity index (χ2n) is 7.45. The monoisotopic (exact) mass is 317 g/mol. The lowest BCUT2D eigenvalue weighted by molar-refractivity contribution is -0.126. The Balaban J connectivity index is 1.82. The summed E-state index contributed by atoms with van der Waals surface area (Å²) >= 11 is 0. The van der Waals surface area contributed by atoms with Gasteiger partial charge in [0.05, 0.1) is 0 Å². The second kappa shape index (κ2) is 7.93. The summed E-state index contributed by atoms with van der Waals surface area (Å²) in [6.07, 6.45) is 1.87. The molecule has 0 saturated carbocycles. The molecule has 0 bridgehead atoms. The van der Waals surface area contributed by atoms with Crippen LogP contribution in [0.2, 0.25) is 0 Å². The number of carbonyl (C=O) groups is 1. The zero-order valence-corrected chi connectivity index (χ0v) is 14.9. The molecule has 0 aliphatic carbocycles. The average Bonchev–Trinajstić information content (AvgIpc) is 2.53. The summed E-state index contributed by atoms with van der Waals surface area (Å²) in [5.41, 5.74) is 1.11. The van der Waals surface area contributed by atoms with E-state index in [-0.39, 0.29) is 23.4 Å². The molecule has 2 rings (SSSR count). The van der Waals surface area contributed by atoms with E-state index in [1.807, 2.05) is 6.07 Å². The van der Waals surface area contributed by atoms with Crippen LogP contribution in [0.5, 0.6) is 0 Å². The summed E-state index contributed by atoms with van der Waals surface area (Å²) in [6.45, 7) is 10.2. The molecule has 1 aromatic rings. The van der Waals surface area contributed by atoms with E-state index in [1.54, 1.807) is 0 Å². The lowest BCUT2D eigenvalue weighted by Crippen LogP contribution is -2.51. The molecule has 23 heavy (non-hydrogen) atoms. The standard InChI is InChI=1S/C19H31N3O/c1-14-12-17(10-11-20-14)18(23)21-13-19(3,4)22-15(2)16-8-6-5-7-9-16/h5-9,14-15,17,20,22H,10-13H2,1-4H3,(H,21,23)/t14-,15?,17-/m0/s1. The first-order chi connectivity index (χ1) is 10.9. The molecule has 1 fully saturated rings. The minimum Gasteiger partial charge on any atom is -0.354 e. The van der Waals surface area contributed by atoms with Gasteiger partial charge in [0, 0.05) is 30.1 Å². The van der Waals surface area contributed by atoms with Crippen molar-refractivity contribution in [1.82, 2.24) is 16.0 Å². The van der Waals surface area contributed by atoms with Crippen molar-refractivity contribution in [1.29, 1.82) is 0 Å². The van der Waals surface area contributed by atoms with Crippen molar-refractivity contribution in [3.63, 3.8) is 0 Å². The fraction of sp³-hybridized carbons (Fsp3) is 0.632. The van der Waals surface area contributed by atoms with E-state index in [9.17, 15) is 4.79 Å². The Morgan fingerprint density at radius 2 is 2.04 bits per heavy atom. The first-order valence-corrected chi connectivity index (χ1v) is 8.71. The van der Waals surface area contributed by atoms with Crippen molar-refractivity contribution >= 4 is 5.91 Å². The third-order valence-corrected chi connectivity index (χ3v) is 4.61. The number of carbonyl (C=O) groups excluding carboxylic acids is 1. The summed E-state index contributed by atoms with van der Waals surface area (Å²) in [5.74, 6) is 0.342. The number of hydrogen-bond acceptors (Lipinski definition) is 3. The number of amides is 1. The van der Waals surface area contributed by atoms with Crippen LogP contribution in [0.1, 0.15) is 52.1 Å². The van der Waals surface area contributed by atoms with Gasteiger partial charge < -0.3 is 16.0 Å². The summed E-state index contributed by atoms with van der Waals surface area (Å²) in [6, 6.07) is 11.1. The van der Waals surface area contributed by atoms with Gasteiger partial charge >= 0.3 is 0 Å². The maximum atomic E-state index is 12.4. The summed E-state index contributed by atoms with van der Waals surface area (Å²) in [5, 5.41) is 10.1. The minimum atomic E-state index is -0.149. The number of nitrogens with one attached hydrogen (secondary N) is 3. The van der Waals surface area contributed by atoms with Gasteiger partial charge in [-0.25, -0.2) is 0 Å². The van der Waals surface area contributed by atoms with Crippen LogP contribution in [-0.4, -0.2) is 30.6 Å². The second-order valence-corrected chi connectivity index (χ2v) is 7.45. The van der Waals surface area contributed by atoms with Crippen LogP contribution in [0.15, 0.2) is 30.3 Å². The number of rotatable bonds is 6. The zero-order valence-electron chi connectivity index (χ0n) is 14.9. The van der Waals surface area contributed by atoms with E-state index in [1.165, 1.54) is 5.56 Å². The number of benzene rings is 1. The largest absolute Gasteiger partial charge is 0.354 e. The van der Waals surface area contributed by atoms with E-state index in [4.69, 9.17) is 0 Å². The molecular formula is C19H31N3O. The lowest BCUT2D eigenvalue weighted by atomic mass is 9.92. The van der Waals surface area contributed by atoms with E-state index in [0.29, 0.717) is 12.6 Å². The molecule has 0 aromatic heterocycles. The Morgan fingerprint density at radius 3 is 2.70 bits per heavy atom.